The van der Waals surface area contributed by atoms with E-state index in [1.54, 1.807) is 0 Å². The number of Topliss-reactive ketones (excluding diaryl/α,β-unsaturated/α-hetero) is 1. The molecule has 2 aliphatic heterocycles. The maximum Gasteiger partial charge on any atom is 0.387 e. The van der Waals surface area contributed by atoms with Crippen LogP contribution < -0.4 is 10.1 Å². The van der Waals surface area contributed by atoms with Crippen molar-refractivity contribution >= 4 is 17.6 Å². The Morgan fingerprint density at radius 3 is 2.60 bits per heavy atom. The van der Waals surface area contributed by atoms with E-state index in [-0.39, 0.29) is 41.6 Å². The van der Waals surface area contributed by atoms with Crippen LogP contribution in [0.5, 0.6) is 5.75 Å². The molecule has 2 fully saturated rings. The summed E-state index contributed by atoms with van der Waals surface area (Å²) in [6.45, 7) is 1.37. The van der Waals surface area contributed by atoms with Gasteiger partial charge in [-0.1, -0.05) is 13.8 Å². The van der Waals surface area contributed by atoms with E-state index in [9.17, 15) is 23.2 Å². The molecule has 30 heavy (non-hydrogen) atoms. The smallest absolute Gasteiger partial charge is 0.387 e. The molecule has 1 aromatic carbocycles. The van der Waals surface area contributed by atoms with Crippen LogP contribution in [0.25, 0.3) is 0 Å². The van der Waals surface area contributed by atoms with Crippen molar-refractivity contribution in [2.24, 2.45) is 5.92 Å². The van der Waals surface area contributed by atoms with Gasteiger partial charge in [-0.2, -0.15) is 8.78 Å². The zero-order valence-corrected chi connectivity index (χ0v) is 17.0. The molecule has 2 saturated heterocycles. The second-order valence-corrected chi connectivity index (χ2v) is 7.99. The second-order valence-electron chi connectivity index (χ2n) is 7.99. The van der Waals surface area contributed by atoms with Crippen molar-refractivity contribution in [3.63, 3.8) is 0 Å². The molecule has 0 aromatic heterocycles. The van der Waals surface area contributed by atoms with Gasteiger partial charge in [0.1, 0.15) is 24.4 Å². The van der Waals surface area contributed by atoms with Crippen molar-refractivity contribution < 1.29 is 32.6 Å². The maximum atomic E-state index is 13.3. The Labute approximate surface area is 173 Å². The molecule has 0 spiro atoms. The monoisotopic (exact) mass is 424 g/mol. The van der Waals surface area contributed by atoms with Gasteiger partial charge in [0.05, 0.1) is 6.10 Å². The molecule has 1 aromatic rings. The zero-order chi connectivity index (χ0) is 21.8. The van der Waals surface area contributed by atoms with Crippen LogP contribution in [-0.4, -0.2) is 60.4 Å². The van der Waals surface area contributed by atoms with Crippen molar-refractivity contribution in [2.75, 3.05) is 13.2 Å². The highest BCUT2D eigenvalue weighted by Gasteiger charge is 2.45. The van der Waals surface area contributed by atoms with Gasteiger partial charge in [-0.3, -0.25) is 14.4 Å². The Morgan fingerprint density at radius 2 is 1.97 bits per heavy atom. The van der Waals surface area contributed by atoms with Gasteiger partial charge >= 0.3 is 6.61 Å². The summed E-state index contributed by atoms with van der Waals surface area (Å²) in [6, 6.07) is 3.85. The fourth-order valence-corrected chi connectivity index (χ4v) is 3.96. The first-order valence-corrected chi connectivity index (χ1v) is 10.1. The van der Waals surface area contributed by atoms with Crippen LogP contribution in [0, 0.1) is 5.92 Å². The Balaban J connectivity index is 1.73. The lowest BCUT2D eigenvalue weighted by molar-refractivity contribution is -0.142. The van der Waals surface area contributed by atoms with E-state index in [0.29, 0.717) is 13.0 Å². The predicted octanol–water partition coefficient (Wildman–Crippen LogP) is 2.39. The van der Waals surface area contributed by atoms with Gasteiger partial charge in [0.15, 0.2) is 5.78 Å². The SMILES string of the molecule is CC(C)CC(NC(=O)c1ccc(OC(F)F)cc1)C(=O)N1CCCC2OCC(=O)C21. The third-order valence-corrected chi connectivity index (χ3v) is 5.28. The lowest BCUT2D eigenvalue weighted by Crippen LogP contribution is -2.58. The number of hydrogen-bond donors (Lipinski definition) is 1. The van der Waals surface area contributed by atoms with Crippen molar-refractivity contribution in [3.05, 3.63) is 29.8 Å². The first-order valence-electron chi connectivity index (χ1n) is 10.1. The highest BCUT2D eigenvalue weighted by molar-refractivity contribution is 5.99. The van der Waals surface area contributed by atoms with Gasteiger partial charge in [-0.15, -0.1) is 0 Å². The van der Waals surface area contributed by atoms with Gasteiger partial charge in [0.25, 0.3) is 5.91 Å². The molecule has 3 unspecified atom stereocenters. The second kappa shape index (κ2) is 9.51. The molecule has 0 radical (unpaired) electrons. The number of likely N-dealkylation sites (tertiary alicyclic amines) is 1. The number of ketones is 1. The molecular formula is C21H26F2N2O5. The molecule has 9 heteroatoms. The van der Waals surface area contributed by atoms with Gasteiger partial charge in [0, 0.05) is 12.1 Å². The Kier molecular flexibility index (Phi) is 7.02. The van der Waals surface area contributed by atoms with E-state index < -0.39 is 24.6 Å². The normalized spacial score (nSPS) is 22.2. The number of piperidine rings is 1. The average Bonchev–Trinajstić information content (AvgIpc) is 3.08. The first-order chi connectivity index (χ1) is 14.3. The van der Waals surface area contributed by atoms with E-state index in [2.05, 4.69) is 10.1 Å². The van der Waals surface area contributed by atoms with Gasteiger partial charge < -0.3 is 19.7 Å². The number of carbonyl (C=O) groups is 3. The van der Waals surface area contributed by atoms with E-state index in [4.69, 9.17) is 4.74 Å². The fourth-order valence-electron chi connectivity index (χ4n) is 3.96. The van der Waals surface area contributed by atoms with Crippen molar-refractivity contribution in [1.29, 1.82) is 0 Å². The summed E-state index contributed by atoms with van der Waals surface area (Å²) in [5, 5.41) is 2.75. The lowest BCUT2D eigenvalue weighted by atomic mass is 9.95. The van der Waals surface area contributed by atoms with Gasteiger partial charge in [-0.05, 0) is 49.4 Å². The predicted molar refractivity (Wildman–Crippen MR) is 103 cm³/mol. The molecule has 2 amide bonds. The molecule has 7 nitrogen and oxygen atoms in total. The molecule has 2 aliphatic rings. The number of carbonyl (C=O) groups excluding carboxylic acids is 3. The van der Waals surface area contributed by atoms with E-state index >= 15 is 0 Å². The van der Waals surface area contributed by atoms with Crippen LogP contribution in [-0.2, 0) is 14.3 Å². The Bertz CT molecular complexity index is 784. The molecule has 0 saturated carbocycles. The van der Waals surface area contributed by atoms with Gasteiger partial charge in [-0.25, -0.2) is 0 Å². The Hall–Kier alpha value is -2.55. The number of nitrogens with one attached hydrogen (secondary N) is 1. The highest BCUT2D eigenvalue weighted by Crippen LogP contribution is 2.27. The molecular weight excluding hydrogens is 398 g/mol. The number of rotatable bonds is 7. The molecule has 0 aliphatic carbocycles. The molecule has 2 heterocycles. The van der Waals surface area contributed by atoms with Gasteiger partial charge in [0.2, 0.25) is 5.91 Å². The summed E-state index contributed by atoms with van der Waals surface area (Å²) < 4.78 is 34.3. The fraction of sp³-hybridized carbons (Fsp3) is 0.571. The summed E-state index contributed by atoms with van der Waals surface area (Å²) in [4.78, 5) is 39.7. The zero-order valence-electron chi connectivity index (χ0n) is 17.0. The van der Waals surface area contributed by atoms with Crippen LogP contribution in [0.4, 0.5) is 8.78 Å². The summed E-state index contributed by atoms with van der Waals surface area (Å²) in [5.74, 6) is -0.853. The number of amides is 2. The van der Waals surface area contributed by atoms with Crippen LogP contribution in [0.2, 0.25) is 0 Å². The minimum atomic E-state index is -2.95. The number of hydrogen-bond acceptors (Lipinski definition) is 5. The largest absolute Gasteiger partial charge is 0.435 e. The quantitative estimate of drug-likeness (QED) is 0.727. The van der Waals surface area contributed by atoms with Crippen molar-refractivity contribution in [1.82, 2.24) is 10.2 Å². The molecule has 3 atom stereocenters. The molecule has 164 valence electrons. The maximum absolute atomic E-state index is 13.3. The van der Waals surface area contributed by atoms with E-state index in [1.807, 2.05) is 13.8 Å². The number of ether oxygens (including phenoxy) is 2. The number of nitrogens with zero attached hydrogens (tertiary/aromatic N) is 1. The van der Waals surface area contributed by atoms with Crippen LogP contribution >= 0.6 is 0 Å². The minimum absolute atomic E-state index is 0.00730. The van der Waals surface area contributed by atoms with Crippen LogP contribution in [0.1, 0.15) is 43.5 Å². The van der Waals surface area contributed by atoms with Crippen LogP contribution in [0.15, 0.2) is 24.3 Å². The number of halogens is 2. The third kappa shape index (κ3) is 5.13. The number of benzene rings is 1. The lowest BCUT2D eigenvalue weighted by Gasteiger charge is -2.37. The average molecular weight is 424 g/mol. The van der Waals surface area contributed by atoms with Crippen molar-refractivity contribution in [3.8, 4) is 5.75 Å². The molecule has 3 rings (SSSR count). The highest BCUT2D eigenvalue weighted by atomic mass is 19.3. The molecule has 1 N–H and O–H groups in total. The Morgan fingerprint density at radius 1 is 1.27 bits per heavy atom. The summed E-state index contributed by atoms with van der Waals surface area (Å²) in [5.41, 5.74) is 0.218. The van der Waals surface area contributed by atoms with Crippen molar-refractivity contribution in [2.45, 2.75) is 57.9 Å². The topological polar surface area (TPSA) is 84.9 Å². The number of alkyl halides is 2. The summed E-state index contributed by atoms with van der Waals surface area (Å²) in [6.07, 6.45) is 1.58. The number of fused-ring (bicyclic) bond motifs is 1. The minimum Gasteiger partial charge on any atom is -0.435 e. The van der Waals surface area contributed by atoms with Crippen LogP contribution in [0.3, 0.4) is 0 Å². The first kappa shape index (κ1) is 22.1. The van der Waals surface area contributed by atoms with E-state index in [0.717, 1.165) is 12.8 Å². The van der Waals surface area contributed by atoms with E-state index in [1.165, 1.54) is 29.2 Å². The molecule has 0 bridgehead atoms. The summed E-state index contributed by atoms with van der Waals surface area (Å²) in [7, 11) is 0. The third-order valence-electron chi connectivity index (χ3n) is 5.28. The standard InChI is InChI=1S/C21H26F2N2O5/c1-12(2)10-15(20(28)25-9-3-4-17-18(25)16(26)11-29-17)24-19(27)13-5-7-14(8-6-13)30-21(22)23/h5-8,12,15,17-18,21H,3-4,9-11H2,1-2H3,(H,24,27). The summed E-state index contributed by atoms with van der Waals surface area (Å²) >= 11 is 0.